The summed E-state index contributed by atoms with van der Waals surface area (Å²) in [6.07, 6.45) is 8.93. The predicted octanol–water partition coefficient (Wildman–Crippen LogP) is 5.21. The second kappa shape index (κ2) is 12.3. The Kier molecular flexibility index (Phi) is 9.47. The Morgan fingerprint density at radius 3 is 2.37 bits per heavy atom. The Balaban J connectivity index is 1.95. The summed E-state index contributed by atoms with van der Waals surface area (Å²) in [7, 11) is 2.99. The molecule has 7 nitrogen and oxygen atoms in total. The topological polar surface area (TPSA) is 85.3 Å². The van der Waals surface area contributed by atoms with Gasteiger partial charge >= 0.3 is 5.97 Å². The third-order valence-corrected chi connectivity index (χ3v) is 7.70. The van der Waals surface area contributed by atoms with Gasteiger partial charge in [-0.15, -0.1) is 6.58 Å². The van der Waals surface area contributed by atoms with E-state index in [0.717, 1.165) is 44.9 Å². The number of phenolic OH excluding ortho intramolecular Hbond substituents is 1. The largest absolute Gasteiger partial charge is 0.504 e. The zero-order valence-electron chi connectivity index (χ0n) is 21.6. The van der Waals surface area contributed by atoms with E-state index in [4.69, 9.17) is 14.2 Å². The van der Waals surface area contributed by atoms with Crippen molar-refractivity contribution < 1.29 is 28.9 Å². The van der Waals surface area contributed by atoms with Gasteiger partial charge in [0.25, 0.3) is 0 Å². The Hall–Kier alpha value is -2.70. The molecule has 1 N–H and O–H groups in total. The van der Waals surface area contributed by atoms with E-state index in [0.29, 0.717) is 24.3 Å². The fourth-order valence-electron chi connectivity index (χ4n) is 5.41. The third-order valence-electron chi connectivity index (χ3n) is 7.70. The van der Waals surface area contributed by atoms with E-state index < -0.39 is 12.0 Å². The van der Waals surface area contributed by atoms with E-state index in [1.807, 2.05) is 13.8 Å². The molecule has 0 bridgehead atoms. The molecule has 7 heteroatoms. The maximum absolute atomic E-state index is 14.2. The number of phenols is 1. The number of carbonyl (C=O) groups excluding carboxylic acids is 2. The number of amides is 1. The van der Waals surface area contributed by atoms with Gasteiger partial charge in [0, 0.05) is 12.5 Å². The first kappa shape index (κ1) is 26.9. The van der Waals surface area contributed by atoms with Crippen molar-refractivity contribution in [1.29, 1.82) is 0 Å². The molecule has 1 aromatic rings. The summed E-state index contributed by atoms with van der Waals surface area (Å²) in [6.45, 7) is 8.12. The summed E-state index contributed by atoms with van der Waals surface area (Å²) in [5.41, 5.74) is 0.698. The molecular formula is C28H41NO6. The number of carbonyl (C=O) groups is 2. The SMILES string of the molecule is C=C[C@H](C)[C@@H](C)OC(=O)[C@@H]1CCCCN1C(=O)[C@H](c1cc(O)c(OC)c(OC)c1)C1CCCCC1. The van der Waals surface area contributed by atoms with Crippen LogP contribution in [0.1, 0.15) is 76.7 Å². The molecule has 1 saturated carbocycles. The lowest BCUT2D eigenvalue weighted by molar-refractivity contribution is -0.163. The van der Waals surface area contributed by atoms with Crippen molar-refractivity contribution in [2.24, 2.45) is 11.8 Å². The van der Waals surface area contributed by atoms with Gasteiger partial charge in [0.05, 0.1) is 20.1 Å². The van der Waals surface area contributed by atoms with Crippen molar-refractivity contribution in [2.75, 3.05) is 20.8 Å². The molecule has 0 radical (unpaired) electrons. The van der Waals surface area contributed by atoms with Crippen LogP contribution in [0.4, 0.5) is 0 Å². The van der Waals surface area contributed by atoms with Crippen molar-refractivity contribution in [3.8, 4) is 17.2 Å². The highest BCUT2D eigenvalue weighted by molar-refractivity contribution is 5.89. The summed E-state index contributed by atoms with van der Waals surface area (Å²) >= 11 is 0. The summed E-state index contributed by atoms with van der Waals surface area (Å²) in [6, 6.07) is 2.81. The number of hydrogen-bond acceptors (Lipinski definition) is 6. The van der Waals surface area contributed by atoms with Crippen molar-refractivity contribution in [2.45, 2.75) is 83.3 Å². The lowest BCUT2D eigenvalue weighted by Crippen LogP contribution is -2.51. The number of methoxy groups -OCH3 is 2. The minimum atomic E-state index is -0.601. The normalized spacial score (nSPS) is 21.5. The molecule has 1 saturated heterocycles. The number of esters is 1. The monoisotopic (exact) mass is 487 g/mol. The summed E-state index contributed by atoms with van der Waals surface area (Å²) in [5, 5.41) is 10.6. The van der Waals surface area contributed by atoms with Crippen LogP contribution in [0.3, 0.4) is 0 Å². The zero-order valence-corrected chi connectivity index (χ0v) is 21.6. The fraction of sp³-hybridized carbons (Fsp3) is 0.643. The molecule has 0 spiro atoms. The summed E-state index contributed by atoms with van der Waals surface area (Å²) in [5.74, 6) is -0.167. The second-order valence-electron chi connectivity index (χ2n) is 9.93. The van der Waals surface area contributed by atoms with Crippen molar-refractivity contribution >= 4 is 11.9 Å². The molecule has 2 aliphatic rings. The van der Waals surface area contributed by atoms with Gasteiger partial charge in [-0.2, -0.15) is 0 Å². The number of ether oxygens (including phenoxy) is 3. The van der Waals surface area contributed by atoms with E-state index >= 15 is 0 Å². The number of aromatic hydroxyl groups is 1. The Morgan fingerprint density at radius 2 is 1.74 bits per heavy atom. The van der Waals surface area contributed by atoms with Crippen LogP contribution in [0.25, 0.3) is 0 Å². The number of nitrogens with zero attached hydrogens (tertiary/aromatic N) is 1. The first-order valence-electron chi connectivity index (χ1n) is 12.9. The Morgan fingerprint density at radius 1 is 1.06 bits per heavy atom. The molecular weight excluding hydrogens is 446 g/mol. The number of piperidine rings is 1. The van der Waals surface area contributed by atoms with Crippen LogP contribution < -0.4 is 9.47 Å². The van der Waals surface area contributed by atoms with Crippen molar-refractivity contribution in [1.82, 2.24) is 4.90 Å². The first-order chi connectivity index (χ1) is 16.8. The highest BCUT2D eigenvalue weighted by atomic mass is 16.5. The van der Waals surface area contributed by atoms with E-state index in [1.54, 1.807) is 23.1 Å². The molecule has 194 valence electrons. The maximum atomic E-state index is 14.2. The lowest BCUT2D eigenvalue weighted by atomic mass is 9.75. The zero-order chi connectivity index (χ0) is 25.5. The predicted molar refractivity (Wildman–Crippen MR) is 135 cm³/mol. The van der Waals surface area contributed by atoms with Gasteiger partial charge in [-0.3, -0.25) is 4.79 Å². The number of likely N-dealkylation sites (tertiary alicyclic amines) is 1. The van der Waals surface area contributed by atoms with Gasteiger partial charge in [0.2, 0.25) is 11.7 Å². The second-order valence-corrected chi connectivity index (χ2v) is 9.93. The average molecular weight is 488 g/mol. The smallest absolute Gasteiger partial charge is 0.329 e. The van der Waals surface area contributed by atoms with Gasteiger partial charge < -0.3 is 24.2 Å². The van der Waals surface area contributed by atoms with Gasteiger partial charge in [0.1, 0.15) is 12.1 Å². The van der Waals surface area contributed by atoms with E-state index in [-0.39, 0.29) is 41.3 Å². The molecule has 4 atom stereocenters. The first-order valence-corrected chi connectivity index (χ1v) is 12.9. The van der Waals surface area contributed by atoms with Crippen LogP contribution in [0, 0.1) is 11.8 Å². The number of benzene rings is 1. The summed E-state index contributed by atoms with van der Waals surface area (Å²) < 4.78 is 16.5. The molecule has 1 aliphatic carbocycles. The van der Waals surface area contributed by atoms with Crippen LogP contribution in [0.2, 0.25) is 0 Å². The molecule has 1 amide bonds. The van der Waals surface area contributed by atoms with Gasteiger partial charge in [-0.1, -0.05) is 32.3 Å². The van der Waals surface area contributed by atoms with Gasteiger partial charge in [-0.25, -0.2) is 4.79 Å². The molecule has 0 unspecified atom stereocenters. The minimum absolute atomic E-state index is 0.0245. The molecule has 3 rings (SSSR count). The lowest BCUT2D eigenvalue weighted by Gasteiger charge is -2.39. The van der Waals surface area contributed by atoms with Crippen LogP contribution in [0.15, 0.2) is 24.8 Å². The van der Waals surface area contributed by atoms with E-state index in [1.165, 1.54) is 14.2 Å². The maximum Gasteiger partial charge on any atom is 0.329 e. The van der Waals surface area contributed by atoms with Crippen LogP contribution in [0.5, 0.6) is 17.2 Å². The van der Waals surface area contributed by atoms with Crippen LogP contribution in [-0.2, 0) is 14.3 Å². The quantitative estimate of drug-likeness (QED) is 0.380. The van der Waals surface area contributed by atoms with Gasteiger partial charge in [-0.05, 0) is 62.6 Å². The van der Waals surface area contributed by atoms with E-state index in [9.17, 15) is 14.7 Å². The van der Waals surface area contributed by atoms with Crippen molar-refractivity contribution in [3.05, 3.63) is 30.4 Å². The average Bonchev–Trinajstić information content (AvgIpc) is 2.88. The van der Waals surface area contributed by atoms with E-state index in [2.05, 4.69) is 6.58 Å². The fourth-order valence-corrected chi connectivity index (χ4v) is 5.41. The molecule has 2 fully saturated rings. The Bertz CT molecular complexity index is 894. The molecule has 1 heterocycles. The van der Waals surface area contributed by atoms with Crippen LogP contribution >= 0.6 is 0 Å². The molecule has 35 heavy (non-hydrogen) atoms. The number of hydrogen-bond donors (Lipinski definition) is 1. The highest BCUT2D eigenvalue weighted by Crippen LogP contribution is 2.44. The van der Waals surface area contributed by atoms with Crippen LogP contribution in [-0.4, -0.2) is 54.8 Å². The Labute approximate surface area is 209 Å². The van der Waals surface area contributed by atoms with Crippen molar-refractivity contribution in [3.63, 3.8) is 0 Å². The standard InChI is InChI=1S/C28H41NO6/c1-6-18(2)19(3)35-28(32)22-14-10-11-15-29(22)27(31)25(20-12-8-7-9-13-20)21-16-23(30)26(34-5)24(17-21)33-4/h6,16-20,22,25,30H,1,7-15H2,2-5H3/t18-,19+,22-,25-/m0/s1. The molecule has 0 aromatic heterocycles. The molecule has 1 aliphatic heterocycles. The third kappa shape index (κ3) is 6.11. The minimum Gasteiger partial charge on any atom is -0.504 e. The summed E-state index contributed by atoms with van der Waals surface area (Å²) in [4.78, 5) is 29.1. The number of rotatable bonds is 9. The molecule has 1 aromatic carbocycles. The highest BCUT2D eigenvalue weighted by Gasteiger charge is 2.41. The van der Waals surface area contributed by atoms with Gasteiger partial charge in [0.15, 0.2) is 11.5 Å².